The van der Waals surface area contributed by atoms with Gasteiger partial charge in [-0.25, -0.2) is 4.99 Å². The molecule has 0 spiro atoms. The average molecular weight is 746 g/mol. The number of rotatable bonds is 10. The molecule has 0 aliphatic heterocycles. The molecule has 9 aromatic carbocycles. The van der Waals surface area contributed by atoms with Crippen molar-refractivity contribution in [2.75, 3.05) is 0 Å². The van der Waals surface area contributed by atoms with Gasteiger partial charge in [-0.05, 0) is 101 Å². The number of hydrogen-bond donors (Lipinski definition) is 2. The molecule has 0 radical (unpaired) electrons. The molecule has 0 aromatic heterocycles. The molecule has 0 aliphatic carbocycles. The number of amidine groups is 1. The van der Waals surface area contributed by atoms with Gasteiger partial charge in [-0.3, -0.25) is 0 Å². The molecule has 4 N–H and O–H groups in total. The minimum Gasteiger partial charge on any atom is -0.383 e. The van der Waals surface area contributed by atoms with Crippen LogP contribution < -0.4 is 11.5 Å². The molecule has 9 aromatic rings. The van der Waals surface area contributed by atoms with Crippen molar-refractivity contribution in [3.05, 3.63) is 235 Å². The van der Waals surface area contributed by atoms with Crippen molar-refractivity contribution in [1.82, 2.24) is 0 Å². The zero-order valence-electron chi connectivity index (χ0n) is 32.2. The van der Waals surface area contributed by atoms with Crippen LogP contribution in [0.5, 0.6) is 0 Å². The number of fused-ring (bicyclic) bond motifs is 2. The van der Waals surface area contributed by atoms with Crippen LogP contribution in [0.15, 0.2) is 217 Å². The predicted octanol–water partition coefficient (Wildman–Crippen LogP) is 13.1. The molecule has 0 unspecified atom stereocenters. The van der Waals surface area contributed by atoms with E-state index in [0.29, 0.717) is 12.4 Å². The van der Waals surface area contributed by atoms with Gasteiger partial charge in [-0.15, -0.1) is 0 Å². The van der Waals surface area contributed by atoms with Crippen LogP contribution in [0.2, 0.25) is 0 Å². The lowest BCUT2D eigenvalue weighted by Crippen LogP contribution is -2.13. The number of nitrogens with two attached hydrogens (primary N) is 2. The molecular formula is C55H43N3. The fourth-order valence-electron chi connectivity index (χ4n) is 7.77. The summed E-state index contributed by atoms with van der Waals surface area (Å²) in [6, 6.07) is 73.1. The first-order valence-electron chi connectivity index (χ1n) is 19.8. The maximum absolute atomic E-state index is 6.59. The maximum atomic E-state index is 6.59. The van der Waals surface area contributed by atoms with Gasteiger partial charge in [-0.1, -0.05) is 200 Å². The van der Waals surface area contributed by atoms with E-state index in [2.05, 4.69) is 176 Å². The predicted molar refractivity (Wildman–Crippen MR) is 246 cm³/mol. The van der Waals surface area contributed by atoms with Crippen molar-refractivity contribution < 1.29 is 0 Å². The molecule has 3 nitrogen and oxygen atoms in total. The highest BCUT2D eigenvalue weighted by Crippen LogP contribution is 2.37. The van der Waals surface area contributed by atoms with Crippen LogP contribution in [0, 0.1) is 0 Å². The summed E-state index contributed by atoms with van der Waals surface area (Å²) in [6.07, 6.45) is 2.90. The lowest BCUT2D eigenvalue weighted by molar-refractivity contribution is 1.07. The smallest absolute Gasteiger partial charge is 0.131 e. The van der Waals surface area contributed by atoms with E-state index in [0.717, 1.165) is 39.9 Å². The summed E-state index contributed by atoms with van der Waals surface area (Å²) in [6.45, 7) is 0.548. The van der Waals surface area contributed by atoms with Gasteiger partial charge in [0.25, 0.3) is 0 Å². The minimum atomic E-state index is 0.491. The Kier molecular flexibility index (Phi) is 10.3. The zero-order chi connectivity index (χ0) is 39.3. The molecule has 0 heterocycles. The molecule has 0 fully saturated rings. The van der Waals surface area contributed by atoms with Crippen molar-refractivity contribution in [2.45, 2.75) is 13.0 Å². The highest BCUT2D eigenvalue weighted by atomic mass is 14.9. The van der Waals surface area contributed by atoms with E-state index in [1.54, 1.807) is 0 Å². The van der Waals surface area contributed by atoms with E-state index < -0.39 is 0 Å². The lowest BCUT2D eigenvalue weighted by Gasteiger charge is -2.13. The molecule has 58 heavy (non-hydrogen) atoms. The monoisotopic (exact) mass is 745 g/mol. The Morgan fingerprint density at radius 2 is 0.879 bits per heavy atom. The molecule has 3 heteroatoms. The maximum Gasteiger partial charge on any atom is 0.131 e. The van der Waals surface area contributed by atoms with Gasteiger partial charge in [0.15, 0.2) is 0 Å². The normalized spacial score (nSPS) is 11.9. The summed E-state index contributed by atoms with van der Waals surface area (Å²) in [5, 5.41) is 4.88. The highest BCUT2D eigenvalue weighted by molar-refractivity contribution is 6.07. The molecule has 0 saturated carbocycles. The number of allylic oxidation sites excluding steroid dienone is 1. The second kappa shape index (κ2) is 16.4. The van der Waals surface area contributed by atoms with Crippen molar-refractivity contribution in [3.8, 4) is 44.5 Å². The molecule has 278 valence electrons. The van der Waals surface area contributed by atoms with Crippen LogP contribution in [0.1, 0.15) is 22.3 Å². The standard InChI is InChI=1S/C55H43N3/c56-37-39-19-24-42(25-20-39)46-30-32-50-48(35-46)13-7-15-52(50)53-16-8-14-49-36-47(31-33-51(49)53)43-26-28-44(29-27-43)54(58-55(57)45-11-5-2-6-12-45)34-21-38-17-22-41(23-18-38)40-9-3-1-4-10-40/h1-20,22-36H,21,37,56H2,(H2,57,58)/b54-34-. The number of benzene rings is 9. The summed E-state index contributed by atoms with van der Waals surface area (Å²) < 4.78 is 0. The quantitative estimate of drug-likeness (QED) is 0.108. The number of hydrogen-bond acceptors (Lipinski definition) is 2. The summed E-state index contributed by atoms with van der Waals surface area (Å²) in [4.78, 5) is 4.98. The Morgan fingerprint density at radius 3 is 1.43 bits per heavy atom. The molecule has 0 saturated heterocycles. The molecule has 0 bridgehead atoms. The first-order valence-corrected chi connectivity index (χ1v) is 19.8. The van der Waals surface area contributed by atoms with Gasteiger partial charge >= 0.3 is 0 Å². The van der Waals surface area contributed by atoms with Crippen LogP contribution >= 0.6 is 0 Å². The van der Waals surface area contributed by atoms with Gasteiger partial charge in [0.05, 0.1) is 5.70 Å². The van der Waals surface area contributed by atoms with Crippen molar-refractivity contribution in [2.24, 2.45) is 16.5 Å². The number of aliphatic imine (C=N–C) groups is 1. The van der Waals surface area contributed by atoms with Crippen molar-refractivity contribution in [3.63, 3.8) is 0 Å². The van der Waals surface area contributed by atoms with Crippen molar-refractivity contribution >= 4 is 33.1 Å². The average Bonchev–Trinajstić information content (AvgIpc) is 3.30. The summed E-state index contributed by atoms with van der Waals surface area (Å²) in [7, 11) is 0. The van der Waals surface area contributed by atoms with Gasteiger partial charge in [0.2, 0.25) is 0 Å². The first kappa shape index (κ1) is 36.3. The Bertz CT molecular complexity index is 2910. The molecule has 9 rings (SSSR count). The van der Waals surface area contributed by atoms with Crippen LogP contribution in [0.25, 0.3) is 71.7 Å². The van der Waals surface area contributed by atoms with E-state index >= 15 is 0 Å². The van der Waals surface area contributed by atoms with Gasteiger partial charge in [0, 0.05) is 12.1 Å². The highest BCUT2D eigenvalue weighted by Gasteiger charge is 2.11. The van der Waals surface area contributed by atoms with Crippen LogP contribution in [-0.2, 0) is 13.0 Å². The summed E-state index contributed by atoms with van der Waals surface area (Å²) >= 11 is 0. The van der Waals surface area contributed by atoms with E-state index in [4.69, 9.17) is 16.5 Å². The molecule has 0 aliphatic rings. The third-order valence-corrected chi connectivity index (χ3v) is 11.0. The van der Waals surface area contributed by atoms with Gasteiger partial charge in [0.1, 0.15) is 5.84 Å². The minimum absolute atomic E-state index is 0.491. The Hall–Kier alpha value is -7.33. The third-order valence-electron chi connectivity index (χ3n) is 11.0. The first-order chi connectivity index (χ1) is 28.6. The Morgan fingerprint density at radius 1 is 0.414 bits per heavy atom. The molecule has 0 atom stereocenters. The Labute approximate surface area is 340 Å². The Balaban J connectivity index is 1.00. The topological polar surface area (TPSA) is 64.4 Å². The third kappa shape index (κ3) is 7.72. The number of nitrogens with zero attached hydrogens (tertiary/aromatic N) is 1. The van der Waals surface area contributed by atoms with Crippen LogP contribution in [0.4, 0.5) is 0 Å². The van der Waals surface area contributed by atoms with E-state index in [1.165, 1.54) is 60.5 Å². The van der Waals surface area contributed by atoms with Gasteiger partial charge in [-0.2, -0.15) is 0 Å². The van der Waals surface area contributed by atoms with E-state index in [-0.39, 0.29) is 0 Å². The zero-order valence-corrected chi connectivity index (χ0v) is 32.2. The fraction of sp³-hybridized carbons (Fsp3) is 0.0364. The van der Waals surface area contributed by atoms with Crippen LogP contribution in [-0.4, -0.2) is 5.84 Å². The fourth-order valence-corrected chi connectivity index (χ4v) is 7.77. The largest absolute Gasteiger partial charge is 0.383 e. The molecular weight excluding hydrogens is 703 g/mol. The van der Waals surface area contributed by atoms with E-state index in [1.807, 2.05) is 36.4 Å². The van der Waals surface area contributed by atoms with Crippen LogP contribution in [0.3, 0.4) is 0 Å². The van der Waals surface area contributed by atoms with Crippen molar-refractivity contribution in [1.29, 1.82) is 0 Å². The summed E-state index contributed by atoms with van der Waals surface area (Å²) in [5.41, 5.74) is 27.1. The van der Waals surface area contributed by atoms with E-state index in [9.17, 15) is 0 Å². The van der Waals surface area contributed by atoms with Gasteiger partial charge < -0.3 is 11.5 Å². The summed E-state index contributed by atoms with van der Waals surface area (Å²) in [5.74, 6) is 0.491. The second-order valence-corrected chi connectivity index (χ2v) is 14.7. The SMILES string of the molecule is NCc1ccc(-c2ccc3c(-c4cccc5cc(-c6ccc(/C(=C/Cc7ccc(-c8ccccc8)cc7)N=C(N)c7ccccc7)cc6)ccc45)cccc3c2)cc1. The lowest BCUT2D eigenvalue weighted by atomic mass is 9.91. The molecule has 0 amide bonds. The second-order valence-electron chi connectivity index (χ2n) is 14.7.